The fraction of sp³-hybridized carbons (Fsp3) is 0.143. The van der Waals surface area contributed by atoms with E-state index in [1.165, 1.54) is 6.07 Å². The molecule has 0 atom stereocenters. The van der Waals surface area contributed by atoms with Gasteiger partial charge in [0.2, 0.25) is 0 Å². The quantitative estimate of drug-likeness (QED) is 0.512. The Morgan fingerprint density at radius 2 is 2.25 bits per heavy atom. The highest BCUT2D eigenvalue weighted by molar-refractivity contribution is 14.1. The van der Waals surface area contributed by atoms with Crippen LogP contribution in [0.2, 0.25) is 0 Å². The van der Waals surface area contributed by atoms with Crippen LogP contribution >= 0.6 is 22.6 Å². The molecule has 64 valence electrons. The fourth-order valence-electron chi connectivity index (χ4n) is 0.867. The molecule has 0 heterocycles. The van der Waals surface area contributed by atoms with Gasteiger partial charge < -0.3 is 5.32 Å². The van der Waals surface area contributed by atoms with Crippen molar-refractivity contribution >= 4 is 34.0 Å². The lowest BCUT2D eigenvalue weighted by atomic mass is 10.3. The summed E-state index contributed by atoms with van der Waals surface area (Å²) >= 11 is 2.04. The Bertz CT molecular complexity index is 314. The second-order valence-electron chi connectivity index (χ2n) is 2.17. The summed E-state index contributed by atoms with van der Waals surface area (Å²) in [4.78, 5) is 10.1. The number of hydrogen-bond donors (Lipinski definition) is 1. The number of nitrogens with one attached hydrogen (secondary N) is 1. The molecule has 1 aromatic carbocycles. The van der Waals surface area contributed by atoms with Crippen LogP contribution in [0.5, 0.6) is 0 Å². The maximum Gasteiger partial charge on any atom is 0.293 e. The van der Waals surface area contributed by atoms with Crippen LogP contribution in [-0.2, 0) is 0 Å². The third-order valence-corrected chi connectivity index (χ3v) is 2.10. The standard InChI is InChI=1S/C7H7IN2O2/c1-9-6-3-2-5(8)4-7(6)10(11)12/h2-4,9H,1H3. The number of nitrogens with zero attached hydrogens (tertiary/aromatic N) is 1. The van der Waals surface area contributed by atoms with E-state index < -0.39 is 4.92 Å². The van der Waals surface area contributed by atoms with Crippen LogP contribution in [0.25, 0.3) is 0 Å². The van der Waals surface area contributed by atoms with E-state index in [2.05, 4.69) is 5.32 Å². The minimum absolute atomic E-state index is 0.115. The van der Waals surface area contributed by atoms with Gasteiger partial charge in [-0.15, -0.1) is 0 Å². The summed E-state index contributed by atoms with van der Waals surface area (Å²) in [6.07, 6.45) is 0. The summed E-state index contributed by atoms with van der Waals surface area (Å²) in [5, 5.41) is 13.3. The minimum atomic E-state index is -0.395. The van der Waals surface area contributed by atoms with Crippen LogP contribution in [-0.4, -0.2) is 12.0 Å². The Kier molecular flexibility index (Phi) is 2.85. The molecule has 12 heavy (non-hydrogen) atoms. The van der Waals surface area contributed by atoms with Crippen molar-refractivity contribution in [3.8, 4) is 0 Å². The van der Waals surface area contributed by atoms with Gasteiger partial charge in [0.15, 0.2) is 0 Å². The molecule has 0 aliphatic heterocycles. The second kappa shape index (κ2) is 3.70. The van der Waals surface area contributed by atoms with Crippen molar-refractivity contribution in [1.82, 2.24) is 0 Å². The second-order valence-corrected chi connectivity index (χ2v) is 3.41. The summed E-state index contributed by atoms with van der Waals surface area (Å²) in [5.74, 6) is 0. The number of benzene rings is 1. The molecule has 0 saturated heterocycles. The van der Waals surface area contributed by atoms with Crippen molar-refractivity contribution in [3.05, 3.63) is 31.9 Å². The van der Waals surface area contributed by atoms with E-state index in [1.54, 1.807) is 13.1 Å². The number of nitro benzene ring substituents is 1. The predicted octanol–water partition coefficient (Wildman–Crippen LogP) is 2.24. The van der Waals surface area contributed by atoms with Crippen molar-refractivity contribution < 1.29 is 4.92 Å². The smallest absolute Gasteiger partial charge is 0.293 e. The molecular weight excluding hydrogens is 271 g/mol. The van der Waals surface area contributed by atoms with Crippen molar-refractivity contribution in [2.75, 3.05) is 12.4 Å². The van der Waals surface area contributed by atoms with Gasteiger partial charge in [0.25, 0.3) is 5.69 Å². The van der Waals surface area contributed by atoms with E-state index in [0.29, 0.717) is 5.69 Å². The molecule has 0 spiro atoms. The van der Waals surface area contributed by atoms with E-state index >= 15 is 0 Å². The van der Waals surface area contributed by atoms with Crippen LogP contribution in [0.3, 0.4) is 0 Å². The zero-order chi connectivity index (χ0) is 9.14. The fourth-order valence-corrected chi connectivity index (χ4v) is 1.34. The molecule has 0 saturated carbocycles. The van der Waals surface area contributed by atoms with E-state index in [4.69, 9.17) is 0 Å². The Morgan fingerprint density at radius 1 is 1.58 bits per heavy atom. The molecule has 0 radical (unpaired) electrons. The van der Waals surface area contributed by atoms with Crippen molar-refractivity contribution in [3.63, 3.8) is 0 Å². The molecule has 1 rings (SSSR count). The molecule has 0 unspecified atom stereocenters. The maximum absolute atomic E-state index is 10.5. The molecule has 0 aliphatic rings. The SMILES string of the molecule is CNc1ccc(I)cc1[N+](=O)[O-]. The number of halogens is 1. The summed E-state index contributed by atoms with van der Waals surface area (Å²) < 4.78 is 0.860. The lowest BCUT2D eigenvalue weighted by molar-refractivity contribution is -0.384. The summed E-state index contributed by atoms with van der Waals surface area (Å²) in [6.45, 7) is 0. The Morgan fingerprint density at radius 3 is 2.75 bits per heavy atom. The monoisotopic (exact) mass is 278 g/mol. The van der Waals surface area contributed by atoms with Gasteiger partial charge in [-0.05, 0) is 34.7 Å². The van der Waals surface area contributed by atoms with Crippen LogP contribution in [0.1, 0.15) is 0 Å². The summed E-state index contributed by atoms with van der Waals surface area (Å²) in [7, 11) is 1.66. The average molecular weight is 278 g/mol. The lowest BCUT2D eigenvalue weighted by Gasteiger charge is -2.00. The first-order valence-corrected chi connectivity index (χ1v) is 4.34. The van der Waals surface area contributed by atoms with Crippen molar-refractivity contribution in [1.29, 1.82) is 0 Å². The highest BCUT2D eigenvalue weighted by Gasteiger charge is 2.11. The minimum Gasteiger partial charge on any atom is -0.383 e. The van der Waals surface area contributed by atoms with Gasteiger partial charge in [-0.2, -0.15) is 0 Å². The van der Waals surface area contributed by atoms with Crippen LogP contribution in [0.15, 0.2) is 18.2 Å². The third-order valence-electron chi connectivity index (χ3n) is 1.43. The zero-order valence-corrected chi connectivity index (χ0v) is 8.53. The number of rotatable bonds is 2. The Hall–Kier alpha value is -0.850. The normalized spacial score (nSPS) is 9.50. The maximum atomic E-state index is 10.5. The van der Waals surface area contributed by atoms with Crippen molar-refractivity contribution in [2.24, 2.45) is 0 Å². The highest BCUT2D eigenvalue weighted by Crippen LogP contribution is 2.25. The first kappa shape index (κ1) is 9.24. The van der Waals surface area contributed by atoms with Gasteiger partial charge in [0, 0.05) is 16.7 Å². The van der Waals surface area contributed by atoms with Crippen LogP contribution in [0, 0.1) is 13.7 Å². The summed E-state index contributed by atoms with van der Waals surface area (Å²) in [5.41, 5.74) is 0.657. The molecule has 5 heteroatoms. The Balaban J connectivity index is 3.21. The van der Waals surface area contributed by atoms with Crippen molar-refractivity contribution in [2.45, 2.75) is 0 Å². The molecule has 0 bridgehead atoms. The van der Waals surface area contributed by atoms with Gasteiger partial charge >= 0.3 is 0 Å². The van der Waals surface area contributed by atoms with Gasteiger partial charge in [-0.1, -0.05) is 0 Å². The number of hydrogen-bond acceptors (Lipinski definition) is 3. The van der Waals surface area contributed by atoms with Crippen LogP contribution < -0.4 is 5.32 Å². The number of anilines is 1. The van der Waals surface area contributed by atoms with E-state index in [9.17, 15) is 10.1 Å². The van der Waals surface area contributed by atoms with Gasteiger partial charge in [-0.25, -0.2) is 0 Å². The van der Waals surface area contributed by atoms with Gasteiger partial charge in [-0.3, -0.25) is 10.1 Å². The molecule has 0 amide bonds. The van der Waals surface area contributed by atoms with Gasteiger partial charge in [0.05, 0.1) is 4.92 Å². The van der Waals surface area contributed by atoms with E-state index in [-0.39, 0.29) is 5.69 Å². The van der Waals surface area contributed by atoms with Crippen LogP contribution in [0.4, 0.5) is 11.4 Å². The molecule has 1 N–H and O–H groups in total. The molecule has 0 aliphatic carbocycles. The topological polar surface area (TPSA) is 55.2 Å². The van der Waals surface area contributed by atoms with Gasteiger partial charge in [0.1, 0.15) is 5.69 Å². The largest absolute Gasteiger partial charge is 0.383 e. The Labute approximate surface area is 83.3 Å². The lowest BCUT2D eigenvalue weighted by Crippen LogP contribution is -1.96. The van der Waals surface area contributed by atoms with E-state index in [0.717, 1.165) is 3.57 Å². The first-order valence-electron chi connectivity index (χ1n) is 3.27. The first-order chi connectivity index (χ1) is 5.65. The van der Waals surface area contributed by atoms with E-state index in [1.807, 2.05) is 28.7 Å². The average Bonchev–Trinajstić information content (AvgIpc) is 2.04. The molecular formula is C7H7IN2O2. The summed E-state index contributed by atoms with van der Waals surface area (Å²) in [6, 6.07) is 5.05. The third kappa shape index (κ3) is 1.84. The predicted molar refractivity (Wildman–Crippen MR) is 55.4 cm³/mol. The number of nitro groups is 1. The molecule has 4 nitrogen and oxygen atoms in total. The molecule has 1 aromatic rings. The highest BCUT2D eigenvalue weighted by atomic mass is 127. The molecule has 0 fully saturated rings. The molecule has 0 aromatic heterocycles. The zero-order valence-electron chi connectivity index (χ0n) is 6.37.